The van der Waals surface area contributed by atoms with E-state index in [4.69, 9.17) is 4.74 Å². The van der Waals surface area contributed by atoms with Crippen LogP contribution >= 0.6 is 0 Å². The Morgan fingerprint density at radius 1 is 1.03 bits per heavy atom. The first kappa shape index (κ1) is 25.3. The molecular formula is C27H35N3O4S. The van der Waals surface area contributed by atoms with Crippen molar-refractivity contribution in [1.82, 2.24) is 14.2 Å². The largest absolute Gasteiger partial charge is 0.494 e. The average Bonchev–Trinajstić information content (AvgIpc) is 3.29. The fraction of sp³-hybridized carbons (Fsp3) is 0.444. The third-order valence-electron chi connectivity index (χ3n) is 6.62. The zero-order valence-corrected chi connectivity index (χ0v) is 21.4. The third-order valence-corrected chi connectivity index (χ3v) is 8.51. The lowest BCUT2D eigenvalue weighted by molar-refractivity contribution is -0.124. The van der Waals surface area contributed by atoms with Crippen LogP contribution in [0.3, 0.4) is 0 Å². The van der Waals surface area contributed by atoms with Crippen molar-refractivity contribution in [2.45, 2.75) is 56.9 Å². The number of amides is 1. The van der Waals surface area contributed by atoms with Crippen molar-refractivity contribution < 1.29 is 17.9 Å². The molecule has 0 bridgehead atoms. The molecule has 1 aliphatic heterocycles. The fourth-order valence-corrected chi connectivity index (χ4v) is 6.26. The molecule has 2 heterocycles. The maximum absolute atomic E-state index is 13.1. The van der Waals surface area contributed by atoms with Crippen molar-refractivity contribution in [3.8, 4) is 5.75 Å². The number of sulfonamides is 1. The zero-order valence-electron chi connectivity index (χ0n) is 20.6. The summed E-state index contributed by atoms with van der Waals surface area (Å²) in [6.07, 6.45) is 6.13. The molecule has 1 aliphatic rings. The molecular weight excluding hydrogens is 462 g/mol. The summed E-state index contributed by atoms with van der Waals surface area (Å²) in [4.78, 5) is 13.3. The van der Waals surface area contributed by atoms with E-state index in [0.717, 1.165) is 47.9 Å². The molecule has 0 aliphatic carbocycles. The Hall–Kier alpha value is -2.84. The van der Waals surface area contributed by atoms with Gasteiger partial charge in [0, 0.05) is 36.7 Å². The van der Waals surface area contributed by atoms with Gasteiger partial charge < -0.3 is 14.6 Å². The van der Waals surface area contributed by atoms with Crippen molar-refractivity contribution in [2.24, 2.45) is 0 Å². The molecule has 8 heteroatoms. The summed E-state index contributed by atoms with van der Waals surface area (Å²) in [6, 6.07) is 14.7. The molecule has 4 rings (SSSR count). The summed E-state index contributed by atoms with van der Waals surface area (Å²) in [6.45, 7) is 6.28. The number of carbonyl (C=O) groups is 1. The lowest BCUT2D eigenvalue weighted by Gasteiger charge is -2.26. The Balaban J connectivity index is 1.43. The van der Waals surface area contributed by atoms with Crippen LogP contribution in [-0.4, -0.2) is 49.4 Å². The van der Waals surface area contributed by atoms with Crippen molar-refractivity contribution >= 4 is 26.8 Å². The highest BCUT2D eigenvalue weighted by molar-refractivity contribution is 7.89. The Labute approximate surface area is 208 Å². The Bertz CT molecular complexity index is 1250. The smallest absolute Gasteiger partial charge is 0.243 e. The molecule has 1 fully saturated rings. The summed E-state index contributed by atoms with van der Waals surface area (Å²) in [5.74, 6) is 0.804. The van der Waals surface area contributed by atoms with Crippen LogP contribution in [0.4, 0.5) is 0 Å². The summed E-state index contributed by atoms with van der Waals surface area (Å²) < 4.78 is 35.1. The molecule has 0 spiro atoms. The number of hydrogen-bond donors (Lipinski definition) is 1. The van der Waals surface area contributed by atoms with Gasteiger partial charge in [0.1, 0.15) is 11.8 Å². The Kier molecular flexibility index (Phi) is 8.13. The van der Waals surface area contributed by atoms with Crippen LogP contribution < -0.4 is 10.1 Å². The van der Waals surface area contributed by atoms with Crippen molar-refractivity contribution in [3.63, 3.8) is 0 Å². The topological polar surface area (TPSA) is 80.6 Å². The summed E-state index contributed by atoms with van der Waals surface area (Å²) >= 11 is 0. The van der Waals surface area contributed by atoms with Gasteiger partial charge in [0.15, 0.2) is 0 Å². The number of aromatic nitrogens is 1. The fourth-order valence-electron chi connectivity index (χ4n) is 4.70. The first-order valence-electron chi connectivity index (χ1n) is 12.5. The van der Waals surface area contributed by atoms with E-state index in [1.54, 1.807) is 16.4 Å². The molecule has 188 valence electrons. The normalized spacial score (nSPS) is 15.7. The second-order valence-corrected chi connectivity index (χ2v) is 10.9. The maximum atomic E-state index is 13.1. The van der Waals surface area contributed by atoms with Crippen molar-refractivity contribution in [2.75, 3.05) is 26.2 Å². The zero-order chi connectivity index (χ0) is 24.8. The van der Waals surface area contributed by atoms with E-state index in [9.17, 15) is 13.2 Å². The van der Waals surface area contributed by atoms with Gasteiger partial charge in [-0.05, 0) is 74.6 Å². The second-order valence-electron chi connectivity index (χ2n) is 8.95. The van der Waals surface area contributed by atoms with Crippen LogP contribution in [-0.2, 0) is 21.2 Å². The SMILES string of the molecule is CCOc1ccc(CCNC(=O)C(CC)n2ccc3cc(S(=O)(=O)N4CCCCC4)ccc32)cc1. The molecule has 1 amide bonds. The van der Waals surface area contributed by atoms with Gasteiger partial charge in [-0.3, -0.25) is 4.79 Å². The van der Waals surface area contributed by atoms with E-state index < -0.39 is 10.0 Å². The molecule has 1 aromatic heterocycles. The standard InChI is InChI=1S/C27H35N3O4S/c1-3-25(27(31)28-16-14-21-8-10-23(11-9-21)34-4-2)30-19-15-22-20-24(12-13-26(22)30)35(32,33)29-17-6-5-7-18-29/h8-13,15,19-20,25H,3-7,14,16-18H2,1-2H3,(H,28,31). The molecule has 1 saturated heterocycles. The molecule has 1 N–H and O–H groups in total. The minimum Gasteiger partial charge on any atom is -0.494 e. The minimum atomic E-state index is -3.49. The molecule has 7 nitrogen and oxygen atoms in total. The first-order valence-corrected chi connectivity index (χ1v) is 14.0. The van der Waals surface area contributed by atoms with Gasteiger partial charge in [0.05, 0.1) is 11.5 Å². The number of nitrogens with zero attached hydrogens (tertiary/aromatic N) is 2. The lowest BCUT2D eigenvalue weighted by atomic mass is 10.1. The summed E-state index contributed by atoms with van der Waals surface area (Å²) in [7, 11) is -3.49. The van der Waals surface area contributed by atoms with Gasteiger partial charge >= 0.3 is 0 Å². The molecule has 1 unspecified atom stereocenters. The van der Waals surface area contributed by atoms with Crippen molar-refractivity contribution in [1.29, 1.82) is 0 Å². The predicted octanol–water partition coefficient (Wildman–Crippen LogP) is 4.52. The number of ether oxygens (including phenoxy) is 1. The molecule has 0 radical (unpaired) electrons. The van der Waals surface area contributed by atoms with Gasteiger partial charge in [-0.2, -0.15) is 4.31 Å². The molecule has 1 atom stereocenters. The van der Waals surface area contributed by atoms with E-state index in [1.807, 2.05) is 61.0 Å². The number of piperidine rings is 1. The number of benzene rings is 2. The van der Waals surface area contributed by atoms with Crippen LogP contribution in [0.15, 0.2) is 59.6 Å². The minimum absolute atomic E-state index is 0.0408. The molecule has 0 saturated carbocycles. The summed E-state index contributed by atoms with van der Waals surface area (Å²) in [5.41, 5.74) is 1.99. The van der Waals surface area contributed by atoms with Crippen LogP contribution in [0.2, 0.25) is 0 Å². The van der Waals surface area contributed by atoms with E-state index in [1.165, 1.54) is 0 Å². The first-order chi connectivity index (χ1) is 16.9. The number of rotatable bonds is 10. The highest BCUT2D eigenvalue weighted by atomic mass is 32.2. The van der Waals surface area contributed by atoms with E-state index >= 15 is 0 Å². The maximum Gasteiger partial charge on any atom is 0.243 e. The summed E-state index contributed by atoms with van der Waals surface area (Å²) in [5, 5.41) is 3.88. The third kappa shape index (κ3) is 5.70. The molecule has 2 aromatic carbocycles. The van der Waals surface area contributed by atoms with Crippen LogP contribution in [0.5, 0.6) is 5.75 Å². The van der Waals surface area contributed by atoms with E-state index in [0.29, 0.717) is 37.6 Å². The lowest BCUT2D eigenvalue weighted by Crippen LogP contribution is -2.35. The highest BCUT2D eigenvalue weighted by Gasteiger charge is 2.27. The Morgan fingerprint density at radius 2 is 1.77 bits per heavy atom. The predicted molar refractivity (Wildman–Crippen MR) is 138 cm³/mol. The van der Waals surface area contributed by atoms with Crippen LogP contribution in [0, 0.1) is 0 Å². The second kappa shape index (κ2) is 11.3. The van der Waals surface area contributed by atoms with Gasteiger partial charge in [-0.1, -0.05) is 25.5 Å². The monoisotopic (exact) mass is 497 g/mol. The van der Waals surface area contributed by atoms with Crippen molar-refractivity contribution in [3.05, 3.63) is 60.3 Å². The highest BCUT2D eigenvalue weighted by Crippen LogP contribution is 2.27. The van der Waals surface area contributed by atoms with Gasteiger partial charge in [0.2, 0.25) is 15.9 Å². The number of fused-ring (bicyclic) bond motifs is 1. The average molecular weight is 498 g/mol. The van der Waals surface area contributed by atoms with E-state index in [-0.39, 0.29) is 11.9 Å². The van der Waals surface area contributed by atoms with Gasteiger partial charge in [0.25, 0.3) is 0 Å². The van der Waals surface area contributed by atoms with Gasteiger partial charge in [-0.25, -0.2) is 8.42 Å². The number of hydrogen-bond acceptors (Lipinski definition) is 4. The van der Waals surface area contributed by atoms with E-state index in [2.05, 4.69) is 5.32 Å². The molecule has 35 heavy (non-hydrogen) atoms. The number of nitrogens with one attached hydrogen (secondary N) is 1. The Morgan fingerprint density at radius 3 is 2.46 bits per heavy atom. The van der Waals surface area contributed by atoms with Crippen LogP contribution in [0.25, 0.3) is 10.9 Å². The quantitative estimate of drug-likeness (QED) is 0.446. The van der Waals surface area contributed by atoms with Crippen LogP contribution in [0.1, 0.15) is 51.1 Å². The van der Waals surface area contributed by atoms with Gasteiger partial charge in [-0.15, -0.1) is 0 Å². The molecule has 3 aromatic rings. The number of carbonyl (C=O) groups excluding carboxylic acids is 1.